The highest BCUT2D eigenvalue weighted by atomic mass is 16.2. The molecule has 0 fully saturated rings. The van der Waals surface area contributed by atoms with E-state index in [1.165, 1.54) is 0 Å². The fraction of sp³-hybridized carbons (Fsp3) is 0.353. The molecule has 6 heteroatoms. The van der Waals surface area contributed by atoms with Crippen molar-refractivity contribution in [1.29, 1.82) is 0 Å². The number of H-pyrrole nitrogens is 1. The third-order valence-electron chi connectivity index (χ3n) is 4.16. The van der Waals surface area contributed by atoms with Crippen molar-refractivity contribution in [2.24, 2.45) is 0 Å². The molecular weight excluding hydrogens is 292 g/mol. The summed E-state index contributed by atoms with van der Waals surface area (Å²) in [7, 11) is 0. The monoisotopic (exact) mass is 312 g/mol. The Morgan fingerprint density at radius 3 is 2.96 bits per heavy atom. The summed E-state index contributed by atoms with van der Waals surface area (Å²) in [5.41, 5.74) is 2.67. The minimum atomic E-state index is -0.434. The molecule has 6 nitrogen and oxygen atoms in total. The average Bonchev–Trinajstić information content (AvgIpc) is 3.18. The van der Waals surface area contributed by atoms with E-state index in [4.69, 9.17) is 0 Å². The minimum absolute atomic E-state index is 0.0591. The van der Waals surface area contributed by atoms with Gasteiger partial charge in [0.1, 0.15) is 6.04 Å². The zero-order valence-electron chi connectivity index (χ0n) is 13.1. The van der Waals surface area contributed by atoms with Gasteiger partial charge in [0.2, 0.25) is 5.91 Å². The molecule has 3 rings (SSSR count). The first-order valence-corrected chi connectivity index (χ1v) is 7.84. The van der Waals surface area contributed by atoms with Crippen LogP contribution in [0.5, 0.6) is 0 Å². The second-order valence-electron chi connectivity index (χ2n) is 5.63. The molecule has 2 heterocycles. The summed E-state index contributed by atoms with van der Waals surface area (Å²) < 4.78 is 0. The smallest absolute Gasteiger partial charge is 0.255 e. The Labute approximate surface area is 134 Å². The molecule has 2 N–H and O–H groups in total. The zero-order chi connectivity index (χ0) is 16.2. The van der Waals surface area contributed by atoms with Gasteiger partial charge >= 0.3 is 0 Å². The van der Waals surface area contributed by atoms with E-state index in [9.17, 15) is 9.59 Å². The molecule has 0 radical (unpaired) electrons. The van der Waals surface area contributed by atoms with E-state index < -0.39 is 6.04 Å². The van der Waals surface area contributed by atoms with Crippen molar-refractivity contribution >= 4 is 11.8 Å². The van der Waals surface area contributed by atoms with Gasteiger partial charge in [0, 0.05) is 37.0 Å². The van der Waals surface area contributed by atoms with Crippen molar-refractivity contribution in [3.63, 3.8) is 0 Å². The molecule has 0 bridgehead atoms. The van der Waals surface area contributed by atoms with Crippen molar-refractivity contribution < 1.29 is 9.59 Å². The Bertz CT molecular complexity index is 696. The van der Waals surface area contributed by atoms with E-state index >= 15 is 0 Å². The predicted octanol–water partition coefficient (Wildman–Crippen LogP) is 1.50. The van der Waals surface area contributed by atoms with Crippen molar-refractivity contribution in [2.75, 3.05) is 6.54 Å². The predicted molar refractivity (Wildman–Crippen MR) is 85.7 cm³/mol. The molecule has 0 saturated carbocycles. The van der Waals surface area contributed by atoms with Gasteiger partial charge in [-0.25, -0.2) is 4.98 Å². The summed E-state index contributed by atoms with van der Waals surface area (Å²) in [6.45, 7) is 2.95. The van der Waals surface area contributed by atoms with Gasteiger partial charge in [-0.15, -0.1) is 0 Å². The van der Waals surface area contributed by atoms with E-state index in [1.54, 1.807) is 17.4 Å². The first-order chi connectivity index (χ1) is 11.2. The Balaban J connectivity index is 1.61. The molecule has 1 aliphatic rings. The van der Waals surface area contributed by atoms with Crippen molar-refractivity contribution in [3.8, 4) is 0 Å². The number of hydrogen-bond acceptors (Lipinski definition) is 3. The highest BCUT2D eigenvalue weighted by Gasteiger charge is 2.34. The molecule has 1 aliphatic heterocycles. The van der Waals surface area contributed by atoms with Crippen LogP contribution < -0.4 is 5.32 Å². The minimum Gasteiger partial charge on any atom is -0.354 e. The highest BCUT2D eigenvalue weighted by Crippen LogP contribution is 2.25. The maximum absolute atomic E-state index is 12.5. The van der Waals surface area contributed by atoms with Crippen LogP contribution in [0.2, 0.25) is 0 Å². The lowest BCUT2D eigenvalue weighted by molar-refractivity contribution is -0.125. The Morgan fingerprint density at radius 1 is 1.43 bits per heavy atom. The van der Waals surface area contributed by atoms with Gasteiger partial charge in [0.25, 0.3) is 5.91 Å². The van der Waals surface area contributed by atoms with Crippen LogP contribution in [-0.4, -0.2) is 39.3 Å². The van der Waals surface area contributed by atoms with Crippen LogP contribution >= 0.6 is 0 Å². The molecule has 2 aromatic rings. The summed E-state index contributed by atoms with van der Waals surface area (Å²) >= 11 is 0. The molecule has 0 saturated heterocycles. The number of fused-ring (bicyclic) bond motifs is 1. The van der Waals surface area contributed by atoms with Gasteiger partial charge in [-0.3, -0.25) is 9.59 Å². The number of rotatable bonds is 6. The number of aromatic amines is 1. The van der Waals surface area contributed by atoms with Gasteiger partial charge in [0.05, 0.1) is 6.33 Å². The molecule has 1 atom stereocenters. The fourth-order valence-electron chi connectivity index (χ4n) is 2.94. The Hall–Kier alpha value is -2.63. The highest BCUT2D eigenvalue weighted by molar-refractivity contribution is 6.01. The first kappa shape index (κ1) is 15.3. The SMILES string of the molecule is CC[C@@H](C(=O)NCCc1cnc[nH]1)N1Cc2ccccc2C1=O. The Kier molecular flexibility index (Phi) is 4.41. The van der Waals surface area contributed by atoms with Crippen molar-refractivity contribution in [2.45, 2.75) is 32.4 Å². The molecule has 1 aromatic carbocycles. The maximum Gasteiger partial charge on any atom is 0.255 e. The number of aromatic nitrogens is 2. The van der Waals surface area contributed by atoms with E-state index in [0.717, 1.165) is 11.3 Å². The van der Waals surface area contributed by atoms with Crippen LogP contribution in [0, 0.1) is 0 Å². The van der Waals surface area contributed by atoms with E-state index in [1.807, 2.05) is 31.2 Å². The molecule has 0 unspecified atom stereocenters. The number of carbonyl (C=O) groups is 2. The van der Waals surface area contributed by atoms with E-state index in [0.29, 0.717) is 31.5 Å². The van der Waals surface area contributed by atoms with Crippen LogP contribution in [0.1, 0.15) is 35.0 Å². The molecule has 23 heavy (non-hydrogen) atoms. The molecule has 1 aromatic heterocycles. The maximum atomic E-state index is 12.5. The van der Waals surface area contributed by atoms with Crippen LogP contribution in [0.15, 0.2) is 36.8 Å². The third kappa shape index (κ3) is 3.11. The van der Waals surface area contributed by atoms with Crippen molar-refractivity contribution in [1.82, 2.24) is 20.2 Å². The fourth-order valence-corrected chi connectivity index (χ4v) is 2.94. The van der Waals surface area contributed by atoms with Crippen LogP contribution in [0.4, 0.5) is 0 Å². The lowest BCUT2D eigenvalue weighted by atomic mass is 10.1. The van der Waals surface area contributed by atoms with Crippen LogP contribution in [-0.2, 0) is 17.8 Å². The van der Waals surface area contributed by atoms with E-state index in [-0.39, 0.29) is 11.8 Å². The van der Waals surface area contributed by atoms with Gasteiger partial charge in [-0.1, -0.05) is 25.1 Å². The number of nitrogens with zero attached hydrogens (tertiary/aromatic N) is 2. The van der Waals surface area contributed by atoms with Crippen LogP contribution in [0.25, 0.3) is 0 Å². The van der Waals surface area contributed by atoms with Crippen molar-refractivity contribution in [3.05, 3.63) is 53.6 Å². The van der Waals surface area contributed by atoms with Gasteiger partial charge in [0.15, 0.2) is 0 Å². The lowest BCUT2D eigenvalue weighted by Crippen LogP contribution is -2.47. The molecule has 0 spiro atoms. The quantitative estimate of drug-likeness (QED) is 0.848. The molecule has 120 valence electrons. The zero-order valence-corrected chi connectivity index (χ0v) is 13.1. The average molecular weight is 312 g/mol. The molecule has 2 amide bonds. The Morgan fingerprint density at radius 2 is 2.26 bits per heavy atom. The molecule has 0 aliphatic carbocycles. The lowest BCUT2D eigenvalue weighted by Gasteiger charge is -2.25. The van der Waals surface area contributed by atoms with Gasteiger partial charge in [-0.05, 0) is 18.1 Å². The summed E-state index contributed by atoms with van der Waals surface area (Å²) in [6.07, 6.45) is 4.64. The number of hydrogen-bond donors (Lipinski definition) is 2. The van der Waals surface area contributed by atoms with Gasteiger partial charge < -0.3 is 15.2 Å². The van der Waals surface area contributed by atoms with Gasteiger partial charge in [-0.2, -0.15) is 0 Å². The topological polar surface area (TPSA) is 78.1 Å². The second kappa shape index (κ2) is 6.64. The molecular formula is C17H20N4O2. The largest absolute Gasteiger partial charge is 0.354 e. The number of carbonyl (C=O) groups excluding carboxylic acids is 2. The summed E-state index contributed by atoms with van der Waals surface area (Å²) in [5.74, 6) is -0.163. The standard InChI is InChI=1S/C17H20N4O2/c1-2-15(16(22)19-8-7-13-9-18-11-20-13)21-10-12-5-3-4-6-14(12)17(21)23/h3-6,9,11,15H,2,7-8,10H2,1H3,(H,18,20)(H,19,22)/t15-/m0/s1. The normalized spacial score (nSPS) is 14.7. The summed E-state index contributed by atoms with van der Waals surface area (Å²) in [5, 5.41) is 2.92. The number of benzene rings is 1. The summed E-state index contributed by atoms with van der Waals surface area (Å²) in [6, 6.07) is 7.10. The number of amides is 2. The summed E-state index contributed by atoms with van der Waals surface area (Å²) in [4.78, 5) is 33.6. The number of imidazole rings is 1. The second-order valence-corrected chi connectivity index (χ2v) is 5.63. The van der Waals surface area contributed by atoms with Crippen LogP contribution in [0.3, 0.4) is 0 Å². The van der Waals surface area contributed by atoms with E-state index in [2.05, 4.69) is 15.3 Å². The first-order valence-electron chi connectivity index (χ1n) is 7.84. The third-order valence-corrected chi connectivity index (χ3v) is 4.16. The number of nitrogens with one attached hydrogen (secondary N) is 2.